The molecule has 0 aliphatic heterocycles. The van der Waals surface area contributed by atoms with Crippen molar-refractivity contribution < 1.29 is 4.39 Å². The van der Waals surface area contributed by atoms with E-state index in [4.69, 9.17) is 5.73 Å². The molecule has 2 rings (SSSR count). The molecule has 1 aromatic rings. The number of halogens is 1. The molecule has 1 aliphatic carbocycles. The number of hydrogen-bond donors (Lipinski definition) is 1. The van der Waals surface area contributed by atoms with Crippen molar-refractivity contribution in [2.45, 2.75) is 32.2 Å². The lowest BCUT2D eigenvalue weighted by Crippen LogP contribution is -2.52. The van der Waals surface area contributed by atoms with Crippen molar-refractivity contribution in [1.82, 2.24) is 0 Å². The maximum atomic E-state index is 12.7. The van der Waals surface area contributed by atoms with Gasteiger partial charge in [-0.1, -0.05) is 26.0 Å². The van der Waals surface area contributed by atoms with Crippen molar-refractivity contribution in [2.24, 2.45) is 11.1 Å². The van der Waals surface area contributed by atoms with Gasteiger partial charge in [-0.3, -0.25) is 0 Å². The summed E-state index contributed by atoms with van der Waals surface area (Å²) in [4.78, 5) is 0. The number of benzene rings is 1. The van der Waals surface area contributed by atoms with Crippen LogP contribution in [0.25, 0.3) is 0 Å². The molecule has 0 radical (unpaired) electrons. The van der Waals surface area contributed by atoms with Gasteiger partial charge in [0.2, 0.25) is 0 Å². The predicted octanol–water partition coefficient (Wildman–Crippen LogP) is 2.67. The topological polar surface area (TPSA) is 26.0 Å². The van der Waals surface area contributed by atoms with Crippen LogP contribution in [0.1, 0.15) is 31.7 Å². The fourth-order valence-corrected chi connectivity index (χ4v) is 2.22. The Hall–Kier alpha value is -0.890. The SMILES string of the molecule is CC1(C)C(N)CC1c1ccc(F)cc1. The number of hydrogen-bond acceptors (Lipinski definition) is 1. The summed E-state index contributed by atoms with van der Waals surface area (Å²) in [6, 6.07) is 7.06. The lowest BCUT2D eigenvalue weighted by molar-refractivity contribution is 0.0983. The minimum absolute atomic E-state index is 0.151. The fourth-order valence-electron chi connectivity index (χ4n) is 2.22. The molecule has 1 fully saturated rings. The van der Waals surface area contributed by atoms with Crippen molar-refractivity contribution in [3.8, 4) is 0 Å². The highest BCUT2D eigenvalue weighted by molar-refractivity contribution is 5.27. The van der Waals surface area contributed by atoms with Gasteiger partial charge >= 0.3 is 0 Å². The average molecular weight is 193 g/mol. The summed E-state index contributed by atoms with van der Waals surface area (Å²) in [5.74, 6) is 0.313. The van der Waals surface area contributed by atoms with Crippen molar-refractivity contribution in [3.05, 3.63) is 35.6 Å². The molecule has 0 heterocycles. The molecule has 0 spiro atoms. The quantitative estimate of drug-likeness (QED) is 0.729. The van der Waals surface area contributed by atoms with E-state index < -0.39 is 0 Å². The smallest absolute Gasteiger partial charge is 0.123 e. The summed E-state index contributed by atoms with van der Waals surface area (Å²) in [5.41, 5.74) is 7.30. The molecular weight excluding hydrogens is 177 g/mol. The molecular formula is C12H16FN. The van der Waals surface area contributed by atoms with Gasteiger partial charge in [-0.2, -0.15) is 0 Å². The average Bonchev–Trinajstić information content (AvgIpc) is 2.16. The van der Waals surface area contributed by atoms with Crippen LogP contribution in [0.5, 0.6) is 0 Å². The van der Waals surface area contributed by atoms with Crippen LogP contribution in [-0.2, 0) is 0 Å². The Labute approximate surface area is 84.1 Å². The molecule has 2 unspecified atom stereocenters. The molecule has 2 heteroatoms. The minimum atomic E-state index is -0.171. The van der Waals surface area contributed by atoms with Crippen LogP contribution in [0, 0.1) is 11.2 Å². The molecule has 1 saturated carbocycles. The van der Waals surface area contributed by atoms with Crippen LogP contribution < -0.4 is 5.73 Å². The molecule has 0 amide bonds. The summed E-state index contributed by atoms with van der Waals surface area (Å²) in [6.07, 6.45) is 1.01. The maximum absolute atomic E-state index is 12.7. The third-order valence-corrected chi connectivity index (χ3v) is 3.62. The Bertz CT molecular complexity index is 329. The zero-order valence-electron chi connectivity index (χ0n) is 8.63. The summed E-state index contributed by atoms with van der Waals surface area (Å²) < 4.78 is 12.7. The van der Waals surface area contributed by atoms with Crippen LogP contribution in [0.15, 0.2) is 24.3 Å². The second kappa shape index (κ2) is 3.06. The van der Waals surface area contributed by atoms with E-state index >= 15 is 0 Å². The molecule has 14 heavy (non-hydrogen) atoms. The molecule has 0 aromatic heterocycles. The first kappa shape index (κ1) is 9.66. The Balaban J connectivity index is 2.22. The highest BCUT2D eigenvalue weighted by Gasteiger charge is 2.46. The first-order valence-electron chi connectivity index (χ1n) is 5.03. The second-order valence-electron chi connectivity index (χ2n) is 4.77. The van der Waals surface area contributed by atoms with E-state index in [2.05, 4.69) is 13.8 Å². The van der Waals surface area contributed by atoms with Crippen LogP contribution in [0.3, 0.4) is 0 Å². The van der Waals surface area contributed by atoms with Gasteiger partial charge in [0.1, 0.15) is 5.82 Å². The Morgan fingerprint density at radius 1 is 1.29 bits per heavy atom. The standard InChI is InChI=1S/C12H16FN/c1-12(2)10(7-11(12)14)8-3-5-9(13)6-4-8/h3-6,10-11H,7,14H2,1-2H3. The van der Waals surface area contributed by atoms with Gasteiger partial charge < -0.3 is 5.73 Å². The van der Waals surface area contributed by atoms with Gasteiger partial charge in [-0.05, 0) is 35.4 Å². The summed E-state index contributed by atoms with van der Waals surface area (Å²) in [5, 5.41) is 0. The maximum Gasteiger partial charge on any atom is 0.123 e. The van der Waals surface area contributed by atoms with Crippen LogP contribution >= 0.6 is 0 Å². The van der Waals surface area contributed by atoms with Gasteiger partial charge in [0.05, 0.1) is 0 Å². The van der Waals surface area contributed by atoms with Gasteiger partial charge in [0, 0.05) is 6.04 Å². The zero-order valence-corrected chi connectivity index (χ0v) is 8.63. The largest absolute Gasteiger partial charge is 0.327 e. The van der Waals surface area contributed by atoms with Gasteiger partial charge in [0.15, 0.2) is 0 Å². The van der Waals surface area contributed by atoms with Crippen molar-refractivity contribution in [2.75, 3.05) is 0 Å². The third-order valence-electron chi connectivity index (χ3n) is 3.62. The van der Waals surface area contributed by atoms with Crippen molar-refractivity contribution >= 4 is 0 Å². The van der Waals surface area contributed by atoms with Crippen LogP contribution in [0.2, 0.25) is 0 Å². The number of rotatable bonds is 1. The summed E-state index contributed by atoms with van der Waals surface area (Å²) >= 11 is 0. The Kier molecular flexibility index (Phi) is 2.11. The van der Waals surface area contributed by atoms with E-state index in [1.807, 2.05) is 12.1 Å². The highest BCUT2D eigenvalue weighted by Crippen LogP contribution is 2.51. The molecule has 76 valence electrons. The molecule has 0 bridgehead atoms. The summed E-state index contributed by atoms with van der Waals surface area (Å²) in [7, 11) is 0. The normalized spacial score (nSPS) is 29.7. The monoisotopic (exact) mass is 193 g/mol. The summed E-state index contributed by atoms with van der Waals surface area (Å²) in [6.45, 7) is 4.35. The first-order chi connectivity index (χ1) is 6.51. The fraction of sp³-hybridized carbons (Fsp3) is 0.500. The highest BCUT2D eigenvalue weighted by atomic mass is 19.1. The third kappa shape index (κ3) is 1.34. The second-order valence-corrected chi connectivity index (χ2v) is 4.77. The number of nitrogens with two attached hydrogens (primary N) is 1. The van der Waals surface area contributed by atoms with E-state index in [1.54, 1.807) is 0 Å². The molecule has 0 saturated heterocycles. The van der Waals surface area contributed by atoms with Crippen molar-refractivity contribution in [1.29, 1.82) is 0 Å². The molecule has 1 aromatic carbocycles. The first-order valence-corrected chi connectivity index (χ1v) is 5.03. The minimum Gasteiger partial charge on any atom is -0.327 e. The Morgan fingerprint density at radius 2 is 1.86 bits per heavy atom. The lowest BCUT2D eigenvalue weighted by Gasteiger charge is -2.50. The Morgan fingerprint density at radius 3 is 2.29 bits per heavy atom. The molecule has 1 aliphatic rings. The van der Waals surface area contributed by atoms with E-state index in [1.165, 1.54) is 17.7 Å². The van der Waals surface area contributed by atoms with Gasteiger partial charge in [-0.25, -0.2) is 4.39 Å². The van der Waals surface area contributed by atoms with Crippen LogP contribution in [-0.4, -0.2) is 6.04 Å². The van der Waals surface area contributed by atoms with E-state index in [9.17, 15) is 4.39 Å². The zero-order chi connectivity index (χ0) is 10.3. The predicted molar refractivity (Wildman–Crippen MR) is 55.5 cm³/mol. The van der Waals surface area contributed by atoms with E-state index in [-0.39, 0.29) is 17.3 Å². The molecule has 1 nitrogen and oxygen atoms in total. The lowest BCUT2D eigenvalue weighted by atomic mass is 9.57. The van der Waals surface area contributed by atoms with Crippen molar-refractivity contribution in [3.63, 3.8) is 0 Å². The van der Waals surface area contributed by atoms with Gasteiger partial charge in [0.25, 0.3) is 0 Å². The van der Waals surface area contributed by atoms with E-state index in [0.29, 0.717) is 5.92 Å². The molecule has 2 atom stereocenters. The van der Waals surface area contributed by atoms with Crippen LogP contribution in [0.4, 0.5) is 4.39 Å². The van der Waals surface area contributed by atoms with Gasteiger partial charge in [-0.15, -0.1) is 0 Å². The molecule has 2 N–H and O–H groups in total. The van der Waals surface area contributed by atoms with E-state index in [0.717, 1.165) is 6.42 Å².